The third-order valence-corrected chi connectivity index (χ3v) is 2.31. The van der Waals surface area contributed by atoms with Crippen molar-refractivity contribution in [3.05, 3.63) is 47.7 Å². The molecule has 0 bridgehead atoms. The number of carbonyl (C=O) groups excluding carboxylic acids is 2. The Bertz CT molecular complexity index is 541. The lowest BCUT2D eigenvalue weighted by Crippen LogP contribution is -2.15. The van der Waals surface area contributed by atoms with Gasteiger partial charge in [0.2, 0.25) is 11.8 Å². The van der Waals surface area contributed by atoms with E-state index in [4.69, 9.17) is 15.9 Å². The van der Waals surface area contributed by atoms with E-state index in [0.717, 1.165) is 0 Å². The Morgan fingerprint density at radius 2 is 1.59 bits per heavy atom. The Kier molecular flexibility index (Phi) is 2.66. The molecule has 0 aliphatic carbocycles. The van der Waals surface area contributed by atoms with Gasteiger partial charge < -0.3 is 15.9 Å². The summed E-state index contributed by atoms with van der Waals surface area (Å²) in [6.45, 7) is 0. The van der Waals surface area contributed by atoms with Crippen LogP contribution in [-0.4, -0.2) is 11.8 Å². The van der Waals surface area contributed by atoms with Crippen molar-refractivity contribution in [1.29, 1.82) is 0 Å². The standard InChI is InChI=1S/C12H10N2O3/c13-11(15)8-4-7(10-2-1-3-17-10)5-9(6-8)12(14)16/h1-6H,(H2,13,15)(H2,14,16). The van der Waals surface area contributed by atoms with E-state index in [2.05, 4.69) is 0 Å². The fourth-order valence-corrected chi connectivity index (χ4v) is 1.50. The third kappa shape index (κ3) is 2.17. The molecular weight excluding hydrogens is 220 g/mol. The molecule has 0 aliphatic heterocycles. The van der Waals surface area contributed by atoms with Crippen LogP contribution in [0.5, 0.6) is 0 Å². The summed E-state index contributed by atoms with van der Waals surface area (Å²) in [4.78, 5) is 22.3. The van der Waals surface area contributed by atoms with Crippen molar-refractivity contribution in [2.24, 2.45) is 11.5 Å². The van der Waals surface area contributed by atoms with Gasteiger partial charge in [0, 0.05) is 16.7 Å². The lowest BCUT2D eigenvalue weighted by atomic mass is 10.0. The first-order valence-corrected chi connectivity index (χ1v) is 4.86. The summed E-state index contributed by atoms with van der Waals surface area (Å²) in [5.41, 5.74) is 11.4. The molecule has 2 rings (SSSR count). The molecule has 0 saturated heterocycles. The van der Waals surface area contributed by atoms with E-state index in [0.29, 0.717) is 11.3 Å². The average molecular weight is 230 g/mol. The molecule has 17 heavy (non-hydrogen) atoms. The number of benzene rings is 1. The zero-order valence-corrected chi connectivity index (χ0v) is 8.84. The molecule has 2 amide bonds. The van der Waals surface area contributed by atoms with Crippen LogP contribution in [0.3, 0.4) is 0 Å². The average Bonchev–Trinajstić information content (AvgIpc) is 2.81. The molecule has 0 aliphatic rings. The van der Waals surface area contributed by atoms with E-state index in [1.807, 2.05) is 0 Å². The Balaban J connectivity index is 2.60. The van der Waals surface area contributed by atoms with Crippen LogP contribution in [0.4, 0.5) is 0 Å². The predicted octanol–water partition coefficient (Wildman–Crippen LogP) is 1.14. The molecular formula is C12H10N2O3. The van der Waals surface area contributed by atoms with Crippen molar-refractivity contribution in [2.75, 3.05) is 0 Å². The van der Waals surface area contributed by atoms with Crippen molar-refractivity contribution in [3.8, 4) is 11.3 Å². The minimum atomic E-state index is -0.624. The molecule has 2 aromatic rings. The van der Waals surface area contributed by atoms with Crippen molar-refractivity contribution >= 4 is 11.8 Å². The molecule has 0 unspecified atom stereocenters. The maximum absolute atomic E-state index is 11.1. The molecule has 0 atom stereocenters. The lowest BCUT2D eigenvalue weighted by molar-refractivity contribution is 0.0999. The number of primary amides is 2. The van der Waals surface area contributed by atoms with Gasteiger partial charge in [-0.05, 0) is 30.3 Å². The van der Waals surface area contributed by atoms with E-state index >= 15 is 0 Å². The van der Waals surface area contributed by atoms with Crippen LogP contribution >= 0.6 is 0 Å². The van der Waals surface area contributed by atoms with E-state index < -0.39 is 11.8 Å². The highest BCUT2D eigenvalue weighted by Crippen LogP contribution is 2.22. The van der Waals surface area contributed by atoms with Gasteiger partial charge in [-0.3, -0.25) is 9.59 Å². The first-order valence-electron chi connectivity index (χ1n) is 4.86. The second kappa shape index (κ2) is 4.13. The van der Waals surface area contributed by atoms with Gasteiger partial charge in [-0.15, -0.1) is 0 Å². The molecule has 1 aromatic carbocycles. The van der Waals surface area contributed by atoms with Crippen molar-refractivity contribution in [1.82, 2.24) is 0 Å². The molecule has 0 fully saturated rings. The highest BCUT2D eigenvalue weighted by molar-refractivity contribution is 6.00. The highest BCUT2D eigenvalue weighted by Gasteiger charge is 2.11. The minimum absolute atomic E-state index is 0.215. The van der Waals surface area contributed by atoms with Crippen LogP contribution in [0.15, 0.2) is 41.0 Å². The summed E-state index contributed by atoms with van der Waals surface area (Å²) in [6, 6.07) is 7.87. The van der Waals surface area contributed by atoms with Crippen LogP contribution in [0, 0.1) is 0 Å². The first-order chi connectivity index (χ1) is 8.08. The predicted molar refractivity (Wildman–Crippen MR) is 61.2 cm³/mol. The second-order valence-corrected chi connectivity index (χ2v) is 3.50. The number of hydrogen-bond donors (Lipinski definition) is 2. The smallest absolute Gasteiger partial charge is 0.248 e. The molecule has 0 spiro atoms. The third-order valence-electron chi connectivity index (χ3n) is 2.31. The number of nitrogens with two attached hydrogens (primary N) is 2. The molecule has 1 heterocycles. The summed E-state index contributed by atoms with van der Waals surface area (Å²) in [7, 11) is 0. The van der Waals surface area contributed by atoms with E-state index in [9.17, 15) is 9.59 Å². The minimum Gasteiger partial charge on any atom is -0.464 e. The highest BCUT2D eigenvalue weighted by atomic mass is 16.3. The largest absolute Gasteiger partial charge is 0.464 e. The monoisotopic (exact) mass is 230 g/mol. The van der Waals surface area contributed by atoms with Crippen LogP contribution in [0.2, 0.25) is 0 Å². The van der Waals surface area contributed by atoms with Gasteiger partial charge in [-0.25, -0.2) is 0 Å². The number of rotatable bonds is 3. The van der Waals surface area contributed by atoms with Crippen LogP contribution in [0.25, 0.3) is 11.3 Å². The molecule has 5 heteroatoms. The molecule has 5 nitrogen and oxygen atoms in total. The van der Waals surface area contributed by atoms with Gasteiger partial charge in [0.15, 0.2) is 0 Å². The number of furan rings is 1. The van der Waals surface area contributed by atoms with Crippen molar-refractivity contribution in [3.63, 3.8) is 0 Å². The Morgan fingerprint density at radius 1 is 1.00 bits per heavy atom. The van der Waals surface area contributed by atoms with E-state index in [1.54, 1.807) is 24.3 Å². The maximum atomic E-state index is 11.1. The van der Waals surface area contributed by atoms with Crippen molar-refractivity contribution < 1.29 is 14.0 Å². The summed E-state index contributed by atoms with van der Waals surface area (Å²) in [6.07, 6.45) is 1.50. The summed E-state index contributed by atoms with van der Waals surface area (Å²) in [5, 5.41) is 0. The zero-order valence-electron chi connectivity index (χ0n) is 8.84. The van der Waals surface area contributed by atoms with Gasteiger partial charge in [-0.2, -0.15) is 0 Å². The molecule has 86 valence electrons. The fraction of sp³-hybridized carbons (Fsp3) is 0. The van der Waals surface area contributed by atoms with Crippen LogP contribution < -0.4 is 11.5 Å². The fourth-order valence-electron chi connectivity index (χ4n) is 1.50. The van der Waals surface area contributed by atoms with Gasteiger partial charge in [0.25, 0.3) is 0 Å². The van der Waals surface area contributed by atoms with E-state index in [-0.39, 0.29) is 11.1 Å². The topological polar surface area (TPSA) is 99.3 Å². The summed E-state index contributed by atoms with van der Waals surface area (Å²) in [5.74, 6) is -0.711. The maximum Gasteiger partial charge on any atom is 0.248 e. The van der Waals surface area contributed by atoms with Crippen molar-refractivity contribution in [2.45, 2.75) is 0 Å². The number of amides is 2. The van der Waals surface area contributed by atoms with Crippen LogP contribution in [0.1, 0.15) is 20.7 Å². The number of hydrogen-bond acceptors (Lipinski definition) is 3. The van der Waals surface area contributed by atoms with Gasteiger partial charge >= 0.3 is 0 Å². The SMILES string of the molecule is NC(=O)c1cc(C(N)=O)cc(-c2ccco2)c1. The van der Waals surface area contributed by atoms with Gasteiger partial charge in [0.1, 0.15) is 5.76 Å². The second-order valence-electron chi connectivity index (χ2n) is 3.50. The first kappa shape index (κ1) is 10.9. The normalized spacial score (nSPS) is 10.1. The zero-order chi connectivity index (χ0) is 12.4. The molecule has 4 N–H and O–H groups in total. The van der Waals surface area contributed by atoms with Gasteiger partial charge in [0.05, 0.1) is 6.26 Å². The van der Waals surface area contributed by atoms with E-state index in [1.165, 1.54) is 12.3 Å². The summed E-state index contributed by atoms with van der Waals surface area (Å²) >= 11 is 0. The molecule has 0 radical (unpaired) electrons. The van der Waals surface area contributed by atoms with Crippen LogP contribution in [-0.2, 0) is 0 Å². The molecule has 0 saturated carbocycles. The Hall–Kier alpha value is -2.56. The Labute approximate surface area is 97.0 Å². The molecule has 1 aromatic heterocycles. The Morgan fingerprint density at radius 3 is 2.00 bits per heavy atom. The quantitative estimate of drug-likeness (QED) is 0.826. The van der Waals surface area contributed by atoms with Gasteiger partial charge in [-0.1, -0.05) is 0 Å². The number of carbonyl (C=O) groups is 2. The summed E-state index contributed by atoms with van der Waals surface area (Å²) < 4.78 is 5.18. The lowest BCUT2D eigenvalue weighted by Gasteiger charge is -2.03.